The molecule has 0 saturated heterocycles. The van der Waals surface area contributed by atoms with Crippen LogP contribution in [0, 0.1) is 0 Å². The lowest BCUT2D eigenvalue weighted by Gasteiger charge is -2.18. The molecule has 1 saturated carbocycles. The lowest BCUT2D eigenvalue weighted by Crippen LogP contribution is -2.88. The molecule has 2 aromatic rings. The third kappa shape index (κ3) is 3.69. The largest absolute Gasteiger partial charge is 0.508 e. The van der Waals surface area contributed by atoms with Crippen molar-refractivity contribution >= 4 is 11.0 Å². The van der Waals surface area contributed by atoms with Crippen LogP contribution in [0.5, 0.6) is 5.75 Å². The van der Waals surface area contributed by atoms with Crippen LogP contribution >= 0.6 is 0 Å². The van der Waals surface area contributed by atoms with Gasteiger partial charge in [0.15, 0.2) is 0 Å². The van der Waals surface area contributed by atoms with Gasteiger partial charge in [0, 0.05) is 23.1 Å². The third-order valence-electron chi connectivity index (χ3n) is 4.63. The highest BCUT2D eigenvalue weighted by molar-refractivity contribution is 5.81. The molecule has 3 rings (SSSR count). The Morgan fingerprint density at radius 3 is 2.59 bits per heavy atom. The minimum Gasteiger partial charge on any atom is -0.508 e. The Balaban J connectivity index is 1.76. The van der Waals surface area contributed by atoms with E-state index in [1.807, 2.05) is 6.07 Å². The molecule has 0 spiro atoms. The van der Waals surface area contributed by atoms with Gasteiger partial charge in [0.25, 0.3) is 0 Å². The van der Waals surface area contributed by atoms with Crippen LogP contribution in [0.3, 0.4) is 0 Å². The van der Waals surface area contributed by atoms with Crippen molar-refractivity contribution in [3.05, 3.63) is 40.2 Å². The molecule has 0 amide bonds. The van der Waals surface area contributed by atoms with Crippen molar-refractivity contribution in [1.82, 2.24) is 0 Å². The van der Waals surface area contributed by atoms with Crippen molar-refractivity contribution in [3.8, 4) is 5.75 Å². The second kappa shape index (κ2) is 6.97. The maximum Gasteiger partial charge on any atom is 0.336 e. The van der Waals surface area contributed by atoms with Crippen molar-refractivity contribution in [1.29, 1.82) is 0 Å². The first kappa shape index (κ1) is 15.1. The molecule has 0 unspecified atom stereocenters. The average Bonchev–Trinajstić information content (AvgIpc) is 2.45. The molecule has 0 aliphatic heterocycles. The minimum atomic E-state index is -0.348. The molecule has 1 aromatic heterocycles. The highest BCUT2D eigenvalue weighted by atomic mass is 16.4. The quantitative estimate of drug-likeness (QED) is 0.857. The van der Waals surface area contributed by atoms with E-state index in [0.717, 1.165) is 17.5 Å². The lowest BCUT2D eigenvalue weighted by molar-refractivity contribution is -0.705. The van der Waals surface area contributed by atoms with E-state index in [9.17, 15) is 9.90 Å². The molecule has 3 N–H and O–H groups in total. The summed E-state index contributed by atoms with van der Waals surface area (Å²) in [6.07, 6.45) is 9.23. The van der Waals surface area contributed by atoms with Gasteiger partial charge in [-0.2, -0.15) is 0 Å². The van der Waals surface area contributed by atoms with Gasteiger partial charge in [0.05, 0.1) is 6.04 Å². The van der Waals surface area contributed by atoms with Crippen LogP contribution in [0.2, 0.25) is 0 Å². The van der Waals surface area contributed by atoms with Crippen LogP contribution in [-0.4, -0.2) is 11.1 Å². The Morgan fingerprint density at radius 2 is 1.82 bits per heavy atom. The first-order valence-corrected chi connectivity index (χ1v) is 8.31. The molecular formula is C18H24NO3+. The number of rotatable bonds is 3. The van der Waals surface area contributed by atoms with Crippen molar-refractivity contribution < 1.29 is 14.8 Å². The summed E-state index contributed by atoms with van der Waals surface area (Å²) in [6, 6.07) is 7.21. The van der Waals surface area contributed by atoms with Gasteiger partial charge in [-0.25, -0.2) is 4.79 Å². The summed E-state index contributed by atoms with van der Waals surface area (Å²) in [5, 5.41) is 12.8. The summed E-state index contributed by atoms with van der Waals surface area (Å²) >= 11 is 0. The van der Waals surface area contributed by atoms with Crippen molar-refractivity contribution in [3.63, 3.8) is 0 Å². The van der Waals surface area contributed by atoms with Gasteiger partial charge in [0.1, 0.15) is 17.9 Å². The van der Waals surface area contributed by atoms with E-state index in [2.05, 4.69) is 5.32 Å². The van der Waals surface area contributed by atoms with Crippen LogP contribution in [-0.2, 0) is 6.54 Å². The summed E-state index contributed by atoms with van der Waals surface area (Å²) in [7, 11) is 0. The molecular weight excluding hydrogens is 278 g/mol. The second-order valence-electron chi connectivity index (χ2n) is 6.32. The predicted octanol–water partition coefficient (Wildman–Crippen LogP) is 2.67. The number of hydrogen-bond donors (Lipinski definition) is 2. The molecule has 4 heteroatoms. The summed E-state index contributed by atoms with van der Waals surface area (Å²) in [6.45, 7) is 0.789. The second-order valence-corrected chi connectivity index (χ2v) is 6.32. The van der Waals surface area contributed by atoms with Crippen LogP contribution in [0.25, 0.3) is 11.0 Å². The number of nitrogens with two attached hydrogens (primary N) is 1. The van der Waals surface area contributed by atoms with E-state index in [-0.39, 0.29) is 11.4 Å². The van der Waals surface area contributed by atoms with E-state index in [4.69, 9.17) is 4.42 Å². The van der Waals surface area contributed by atoms with E-state index in [1.165, 1.54) is 51.0 Å². The van der Waals surface area contributed by atoms with Crippen LogP contribution in [0.4, 0.5) is 0 Å². The topological polar surface area (TPSA) is 67.0 Å². The lowest BCUT2D eigenvalue weighted by atomic mass is 9.96. The van der Waals surface area contributed by atoms with E-state index < -0.39 is 0 Å². The van der Waals surface area contributed by atoms with E-state index >= 15 is 0 Å². The molecule has 4 nitrogen and oxygen atoms in total. The molecule has 1 aliphatic carbocycles. The third-order valence-corrected chi connectivity index (χ3v) is 4.63. The van der Waals surface area contributed by atoms with Gasteiger partial charge in [-0.1, -0.05) is 19.3 Å². The normalized spacial score (nSPS) is 17.3. The standard InChI is InChI=1S/C18H23NO3/c20-15-8-9-16-13(10-18(21)22-17(16)11-15)12-19-14-6-4-2-1-3-5-7-14/h8-11,14,19-20H,1-7,12H2/p+1. The summed E-state index contributed by atoms with van der Waals surface area (Å²) in [5.41, 5.74) is 1.11. The Kier molecular flexibility index (Phi) is 4.78. The maximum absolute atomic E-state index is 11.7. The molecule has 0 radical (unpaired) electrons. The number of phenols is 1. The van der Waals surface area contributed by atoms with E-state index in [1.54, 1.807) is 12.1 Å². The maximum atomic E-state index is 11.7. The molecule has 0 bridgehead atoms. The van der Waals surface area contributed by atoms with Gasteiger partial charge in [-0.3, -0.25) is 0 Å². The van der Waals surface area contributed by atoms with Gasteiger partial charge < -0.3 is 14.8 Å². The molecule has 118 valence electrons. The minimum absolute atomic E-state index is 0.122. The monoisotopic (exact) mass is 302 g/mol. The van der Waals surface area contributed by atoms with Crippen molar-refractivity contribution in [2.24, 2.45) is 0 Å². The first-order chi connectivity index (χ1) is 10.7. The first-order valence-electron chi connectivity index (χ1n) is 8.31. The fourth-order valence-electron chi connectivity index (χ4n) is 3.40. The van der Waals surface area contributed by atoms with Crippen LogP contribution in [0.1, 0.15) is 50.5 Å². The van der Waals surface area contributed by atoms with Gasteiger partial charge >= 0.3 is 5.63 Å². The number of hydrogen-bond acceptors (Lipinski definition) is 3. The van der Waals surface area contributed by atoms with Crippen LogP contribution in [0.15, 0.2) is 33.5 Å². The van der Waals surface area contributed by atoms with E-state index in [0.29, 0.717) is 11.6 Å². The molecule has 1 aliphatic rings. The SMILES string of the molecule is O=c1cc(C[NH2+]C2CCCCCCC2)c2ccc(O)cc2o1. The molecule has 1 heterocycles. The zero-order valence-corrected chi connectivity index (χ0v) is 12.9. The fraction of sp³-hybridized carbons (Fsp3) is 0.500. The number of aromatic hydroxyl groups is 1. The highest BCUT2D eigenvalue weighted by Crippen LogP contribution is 2.21. The molecule has 22 heavy (non-hydrogen) atoms. The Bertz CT molecular complexity index is 684. The number of benzene rings is 1. The van der Waals surface area contributed by atoms with Gasteiger partial charge in [-0.05, 0) is 37.8 Å². The number of fused-ring (bicyclic) bond motifs is 1. The van der Waals surface area contributed by atoms with Crippen molar-refractivity contribution in [2.75, 3.05) is 0 Å². The summed E-state index contributed by atoms with van der Waals surface area (Å²) < 4.78 is 5.18. The van der Waals surface area contributed by atoms with Gasteiger partial charge in [0.2, 0.25) is 0 Å². The number of quaternary nitrogens is 1. The van der Waals surface area contributed by atoms with Gasteiger partial charge in [-0.15, -0.1) is 0 Å². The zero-order valence-electron chi connectivity index (χ0n) is 12.9. The average molecular weight is 302 g/mol. The highest BCUT2D eigenvalue weighted by Gasteiger charge is 2.15. The fourth-order valence-corrected chi connectivity index (χ4v) is 3.40. The Labute approximate surface area is 130 Å². The Morgan fingerprint density at radius 1 is 1.09 bits per heavy atom. The zero-order chi connectivity index (χ0) is 15.4. The van der Waals surface area contributed by atoms with Crippen molar-refractivity contribution in [2.45, 2.75) is 57.5 Å². The summed E-state index contributed by atoms with van der Waals surface area (Å²) in [5.74, 6) is 0.122. The number of phenolic OH excluding ortho intramolecular Hbond substituents is 1. The smallest absolute Gasteiger partial charge is 0.336 e. The molecule has 0 atom stereocenters. The Hall–Kier alpha value is -1.81. The predicted molar refractivity (Wildman–Crippen MR) is 85.9 cm³/mol. The summed E-state index contributed by atoms with van der Waals surface area (Å²) in [4.78, 5) is 11.7. The molecule has 1 aromatic carbocycles. The molecule has 1 fully saturated rings. The van der Waals surface area contributed by atoms with Crippen LogP contribution < -0.4 is 10.9 Å².